The van der Waals surface area contributed by atoms with Gasteiger partial charge in [-0.2, -0.15) is 0 Å². The Morgan fingerprint density at radius 2 is 2.00 bits per heavy atom. The molecule has 2 aromatic carbocycles. The second-order valence-corrected chi connectivity index (χ2v) is 6.07. The molecule has 6 heteroatoms. The van der Waals surface area contributed by atoms with E-state index in [0.29, 0.717) is 22.0 Å². The third kappa shape index (κ3) is 3.30. The molecular formula is C20H19ClN2O3. The average Bonchev–Trinajstić information content (AvgIpc) is 2.65. The van der Waals surface area contributed by atoms with Crippen molar-refractivity contribution in [3.63, 3.8) is 0 Å². The second-order valence-electron chi connectivity index (χ2n) is 5.66. The number of aryl methyl sites for hydroxylation is 1. The van der Waals surface area contributed by atoms with E-state index in [1.165, 1.54) is 6.20 Å². The number of hydrogen-bond donors (Lipinski definition) is 1. The van der Waals surface area contributed by atoms with Crippen LogP contribution in [0.4, 0.5) is 11.4 Å². The standard InChI is InChI=1S/C20H19ClN2O3/c1-4-26-20(24)14-11-22-18-12(2)15(21)10-9-13(18)19(14)23-16-7-5-6-8-17(16)25-3/h5-11H,4H2,1-3H3,(H,22,23). The highest BCUT2D eigenvalue weighted by Gasteiger charge is 2.19. The van der Waals surface area contributed by atoms with Gasteiger partial charge in [-0.05, 0) is 43.7 Å². The van der Waals surface area contributed by atoms with Gasteiger partial charge in [0.25, 0.3) is 0 Å². The fourth-order valence-corrected chi connectivity index (χ4v) is 2.92. The van der Waals surface area contributed by atoms with Gasteiger partial charge >= 0.3 is 5.97 Å². The molecule has 0 amide bonds. The number of benzene rings is 2. The summed E-state index contributed by atoms with van der Waals surface area (Å²) in [5, 5.41) is 4.72. The summed E-state index contributed by atoms with van der Waals surface area (Å²) in [7, 11) is 1.60. The van der Waals surface area contributed by atoms with Crippen LogP contribution in [0.5, 0.6) is 5.75 Å². The van der Waals surface area contributed by atoms with Crippen molar-refractivity contribution < 1.29 is 14.3 Å². The number of fused-ring (bicyclic) bond motifs is 1. The highest BCUT2D eigenvalue weighted by Crippen LogP contribution is 2.35. The molecule has 0 saturated carbocycles. The minimum absolute atomic E-state index is 0.282. The van der Waals surface area contributed by atoms with E-state index in [0.717, 1.165) is 22.2 Å². The zero-order valence-electron chi connectivity index (χ0n) is 14.8. The fourth-order valence-electron chi connectivity index (χ4n) is 2.76. The molecule has 3 aromatic rings. The molecule has 0 spiro atoms. The fraction of sp³-hybridized carbons (Fsp3) is 0.200. The molecule has 134 valence electrons. The Hall–Kier alpha value is -2.79. The van der Waals surface area contributed by atoms with Crippen LogP contribution in [-0.2, 0) is 4.74 Å². The van der Waals surface area contributed by atoms with Crippen molar-refractivity contribution in [3.8, 4) is 5.75 Å². The number of halogens is 1. The van der Waals surface area contributed by atoms with E-state index in [2.05, 4.69) is 10.3 Å². The number of carbonyl (C=O) groups excluding carboxylic acids is 1. The summed E-state index contributed by atoms with van der Waals surface area (Å²) in [4.78, 5) is 16.9. The number of ether oxygens (including phenoxy) is 2. The largest absolute Gasteiger partial charge is 0.495 e. The van der Waals surface area contributed by atoms with Crippen LogP contribution < -0.4 is 10.1 Å². The van der Waals surface area contributed by atoms with Crippen molar-refractivity contribution in [2.24, 2.45) is 0 Å². The van der Waals surface area contributed by atoms with E-state index < -0.39 is 5.97 Å². The van der Waals surface area contributed by atoms with Gasteiger partial charge in [-0.1, -0.05) is 23.7 Å². The lowest BCUT2D eigenvalue weighted by atomic mass is 10.1. The molecule has 0 saturated heterocycles. The van der Waals surface area contributed by atoms with Crippen LogP contribution in [0.25, 0.3) is 10.9 Å². The molecule has 0 radical (unpaired) electrons. The highest BCUT2D eigenvalue weighted by atomic mass is 35.5. The number of rotatable bonds is 5. The summed E-state index contributed by atoms with van der Waals surface area (Å²) in [5.74, 6) is 0.227. The van der Waals surface area contributed by atoms with Gasteiger partial charge < -0.3 is 14.8 Å². The SMILES string of the molecule is CCOC(=O)c1cnc2c(C)c(Cl)ccc2c1Nc1ccccc1OC. The predicted octanol–water partition coefficient (Wildman–Crippen LogP) is 5.13. The van der Waals surface area contributed by atoms with Gasteiger partial charge in [-0.3, -0.25) is 4.98 Å². The summed E-state index contributed by atoms with van der Waals surface area (Å²) >= 11 is 6.23. The summed E-state index contributed by atoms with van der Waals surface area (Å²) in [5.41, 5.74) is 3.27. The van der Waals surface area contributed by atoms with E-state index in [1.807, 2.05) is 37.3 Å². The zero-order chi connectivity index (χ0) is 18.7. The molecule has 3 rings (SSSR count). The molecule has 0 aliphatic rings. The Morgan fingerprint density at radius 1 is 1.23 bits per heavy atom. The number of anilines is 2. The number of esters is 1. The molecule has 1 heterocycles. The van der Waals surface area contributed by atoms with Gasteiger partial charge in [0.15, 0.2) is 0 Å². The molecule has 0 fully saturated rings. The Labute approximate surface area is 156 Å². The molecule has 0 bridgehead atoms. The maximum Gasteiger partial charge on any atom is 0.341 e. The molecule has 0 unspecified atom stereocenters. The van der Waals surface area contributed by atoms with E-state index in [9.17, 15) is 4.79 Å². The first-order valence-corrected chi connectivity index (χ1v) is 8.59. The van der Waals surface area contributed by atoms with Gasteiger partial charge in [0, 0.05) is 16.6 Å². The van der Waals surface area contributed by atoms with Crippen LogP contribution in [-0.4, -0.2) is 24.7 Å². The van der Waals surface area contributed by atoms with Crippen LogP contribution in [0, 0.1) is 6.92 Å². The van der Waals surface area contributed by atoms with Crippen LogP contribution in [0.2, 0.25) is 5.02 Å². The van der Waals surface area contributed by atoms with Crippen molar-refractivity contribution in [2.75, 3.05) is 19.0 Å². The Morgan fingerprint density at radius 3 is 2.73 bits per heavy atom. The predicted molar refractivity (Wildman–Crippen MR) is 104 cm³/mol. The Kier molecular flexibility index (Phi) is 5.28. The minimum Gasteiger partial charge on any atom is -0.495 e. The van der Waals surface area contributed by atoms with E-state index in [-0.39, 0.29) is 6.61 Å². The van der Waals surface area contributed by atoms with Crippen molar-refractivity contribution in [3.05, 3.63) is 58.7 Å². The van der Waals surface area contributed by atoms with Crippen molar-refractivity contribution in [1.29, 1.82) is 0 Å². The van der Waals surface area contributed by atoms with Crippen molar-refractivity contribution >= 4 is 39.8 Å². The molecule has 0 atom stereocenters. The number of para-hydroxylation sites is 2. The topological polar surface area (TPSA) is 60.5 Å². The smallest absolute Gasteiger partial charge is 0.341 e. The van der Waals surface area contributed by atoms with Crippen LogP contribution in [0.15, 0.2) is 42.6 Å². The van der Waals surface area contributed by atoms with Crippen LogP contribution in [0.3, 0.4) is 0 Å². The lowest BCUT2D eigenvalue weighted by Crippen LogP contribution is -2.10. The third-order valence-corrected chi connectivity index (χ3v) is 4.50. The van der Waals surface area contributed by atoms with E-state index in [4.69, 9.17) is 21.1 Å². The number of nitrogens with zero attached hydrogens (tertiary/aromatic N) is 1. The van der Waals surface area contributed by atoms with Gasteiger partial charge in [-0.25, -0.2) is 4.79 Å². The van der Waals surface area contributed by atoms with Crippen LogP contribution >= 0.6 is 11.6 Å². The molecule has 5 nitrogen and oxygen atoms in total. The number of nitrogens with one attached hydrogen (secondary N) is 1. The first-order chi connectivity index (χ1) is 12.6. The van der Waals surface area contributed by atoms with Gasteiger partial charge in [-0.15, -0.1) is 0 Å². The van der Waals surface area contributed by atoms with Gasteiger partial charge in [0.2, 0.25) is 0 Å². The monoisotopic (exact) mass is 370 g/mol. The first-order valence-electron chi connectivity index (χ1n) is 8.21. The molecule has 1 N–H and O–H groups in total. The maximum absolute atomic E-state index is 12.4. The molecule has 0 aliphatic carbocycles. The van der Waals surface area contributed by atoms with E-state index in [1.54, 1.807) is 20.1 Å². The Bertz CT molecular complexity index is 973. The van der Waals surface area contributed by atoms with Gasteiger partial charge in [0.1, 0.15) is 11.3 Å². The van der Waals surface area contributed by atoms with Gasteiger partial charge in [0.05, 0.1) is 30.6 Å². The molecule has 1 aromatic heterocycles. The number of pyridine rings is 1. The number of aromatic nitrogens is 1. The van der Waals surface area contributed by atoms with E-state index >= 15 is 0 Å². The van der Waals surface area contributed by atoms with Crippen LogP contribution in [0.1, 0.15) is 22.8 Å². The average molecular weight is 371 g/mol. The summed E-state index contributed by atoms with van der Waals surface area (Å²) < 4.78 is 10.6. The number of carbonyl (C=O) groups is 1. The lowest BCUT2D eigenvalue weighted by Gasteiger charge is -2.17. The number of methoxy groups -OCH3 is 1. The lowest BCUT2D eigenvalue weighted by molar-refractivity contribution is 0.0527. The molecule has 26 heavy (non-hydrogen) atoms. The zero-order valence-corrected chi connectivity index (χ0v) is 15.6. The molecule has 0 aliphatic heterocycles. The summed E-state index contributed by atoms with van der Waals surface area (Å²) in [6.07, 6.45) is 1.52. The quantitative estimate of drug-likeness (QED) is 0.631. The summed E-state index contributed by atoms with van der Waals surface area (Å²) in [6, 6.07) is 11.1. The maximum atomic E-state index is 12.4. The Balaban J connectivity index is 2.23. The summed E-state index contributed by atoms with van der Waals surface area (Å²) in [6.45, 7) is 3.95. The second kappa shape index (κ2) is 7.62. The molecular weight excluding hydrogens is 352 g/mol. The normalized spacial score (nSPS) is 10.6. The minimum atomic E-state index is -0.438. The first kappa shape index (κ1) is 18.0. The van der Waals surface area contributed by atoms with Crippen molar-refractivity contribution in [1.82, 2.24) is 4.98 Å². The third-order valence-electron chi connectivity index (χ3n) is 4.09. The number of hydrogen-bond acceptors (Lipinski definition) is 5. The highest BCUT2D eigenvalue weighted by molar-refractivity contribution is 6.32. The van der Waals surface area contributed by atoms with Crippen molar-refractivity contribution in [2.45, 2.75) is 13.8 Å².